The Hall–Kier alpha value is -3.67. The first-order valence-electron chi connectivity index (χ1n) is 8.94. The van der Waals surface area contributed by atoms with E-state index in [4.69, 9.17) is 14.2 Å². The molecule has 142 valence electrons. The summed E-state index contributed by atoms with van der Waals surface area (Å²) < 4.78 is 16.3. The van der Waals surface area contributed by atoms with Crippen molar-refractivity contribution in [1.82, 2.24) is 0 Å². The number of carbonyl (C=O) groups excluding carboxylic acids is 1. The number of para-hydroxylation sites is 1. The van der Waals surface area contributed by atoms with Gasteiger partial charge in [0.25, 0.3) is 5.91 Å². The maximum Gasteiger partial charge on any atom is 0.257 e. The van der Waals surface area contributed by atoms with Crippen LogP contribution in [0.1, 0.15) is 10.4 Å². The minimum atomic E-state index is -0.215. The Bertz CT molecular complexity index is 986. The minimum absolute atomic E-state index is 0.215. The fourth-order valence-corrected chi connectivity index (χ4v) is 2.94. The highest BCUT2D eigenvalue weighted by Gasteiger charge is 2.15. The van der Waals surface area contributed by atoms with Gasteiger partial charge in [0.2, 0.25) is 0 Å². The molecule has 6 nitrogen and oxygen atoms in total. The molecule has 0 fully saturated rings. The van der Waals surface area contributed by atoms with Crippen LogP contribution < -0.4 is 24.8 Å². The molecule has 6 heteroatoms. The molecular weight excluding hydrogens is 356 g/mol. The highest BCUT2D eigenvalue weighted by atomic mass is 16.6. The summed E-state index contributed by atoms with van der Waals surface area (Å²) >= 11 is 0. The second-order valence-electron chi connectivity index (χ2n) is 6.21. The van der Waals surface area contributed by atoms with Gasteiger partial charge in [0.15, 0.2) is 11.5 Å². The van der Waals surface area contributed by atoms with Crippen LogP contribution in [0.4, 0.5) is 17.1 Å². The van der Waals surface area contributed by atoms with Crippen molar-refractivity contribution in [2.45, 2.75) is 0 Å². The lowest BCUT2D eigenvalue weighted by molar-refractivity contribution is 0.102. The van der Waals surface area contributed by atoms with Crippen LogP contribution in [0.5, 0.6) is 17.2 Å². The molecular formula is C22H20N2O4. The Labute approximate surface area is 163 Å². The number of rotatable bonds is 5. The van der Waals surface area contributed by atoms with E-state index in [2.05, 4.69) is 10.6 Å². The summed E-state index contributed by atoms with van der Waals surface area (Å²) in [6.07, 6.45) is 0. The van der Waals surface area contributed by atoms with Gasteiger partial charge in [-0.05, 0) is 48.5 Å². The monoisotopic (exact) mass is 376 g/mol. The van der Waals surface area contributed by atoms with E-state index in [-0.39, 0.29) is 5.91 Å². The molecule has 0 saturated carbocycles. The molecule has 0 saturated heterocycles. The predicted octanol–water partition coefficient (Wildman–Crippen LogP) is 4.46. The summed E-state index contributed by atoms with van der Waals surface area (Å²) in [5, 5.41) is 6.20. The van der Waals surface area contributed by atoms with Crippen LogP contribution in [-0.4, -0.2) is 26.2 Å². The second kappa shape index (κ2) is 7.92. The highest BCUT2D eigenvalue weighted by molar-refractivity contribution is 6.08. The molecule has 0 aromatic heterocycles. The van der Waals surface area contributed by atoms with Gasteiger partial charge in [-0.15, -0.1) is 0 Å². The number of ether oxygens (including phenoxy) is 3. The summed E-state index contributed by atoms with van der Waals surface area (Å²) in [5.41, 5.74) is 2.75. The zero-order valence-corrected chi connectivity index (χ0v) is 15.4. The van der Waals surface area contributed by atoms with Crippen LogP contribution in [0.3, 0.4) is 0 Å². The van der Waals surface area contributed by atoms with Gasteiger partial charge in [-0.2, -0.15) is 0 Å². The van der Waals surface area contributed by atoms with Gasteiger partial charge in [0, 0.05) is 17.4 Å². The van der Waals surface area contributed by atoms with E-state index in [1.54, 1.807) is 31.4 Å². The lowest BCUT2D eigenvalue weighted by atomic mass is 10.1. The molecule has 28 heavy (non-hydrogen) atoms. The Morgan fingerprint density at radius 3 is 2.39 bits per heavy atom. The molecule has 2 N–H and O–H groups in total. The molecule has 0 spiro atoms. The molecule has 3 aromatic carbocycles. The number of nitrogens with one attached hydrogen (secondary N) is 2. The molecule has 1 aliphatic heterocycles. The lowest BCUT2D eigenvalue weighted by Gasteiger charge is -2.19. The van der Waals surface area contributed by atoms with Crippen molar-refractivity contribution in [2.24, 2.45) is 0 Å². The number of benzene rings is 3. The molecule has 3 aromatic rings. The first kappa shape index (κ1) is 17.7. The van der Waals surface area contributed by atoms with Crippen LogP contribution >= 0.6 is 0 Å². The molecule has 1 heterocycles. The lowest BCUT2D eigenvalue weighted by Crippen LogP contribution is -2.17. The fraction of sp³-hybridized carbons (Fsp3) is 0.136. The van der Waals surface area contributed by atoms with Crippen LogP contribution in [0.2, 0.25) is 0 Å². The number of hydrogen-bond donors (Lipinski definition) is 2. The first-order chi connectivity index (χ1) is 13.7. The average molecular weight is 376 g/mol. The van der Waals surface area contributed by atoms with Crippen LogP contribution in [0.15, 0.2) is 66.7 Å². The first-order valence-corrected chi connectivity index (χ1v) is 8.94. The second-order valence-corrected chi connectivity index (χ2v) is 6.21. The molecule has 0 bridgehead atoms. The van der Waals surface area contributed by atoms with Gasteiger partial charge >= 0.3 is 0 Å². The summed E-state index contributed by atoms with van der Waals surface area (Å²) in [6, 6.07) is 20.2. The Morgan fingerprint density at radius 2 is 1.61 bits per heavy atom. The Kier molecular flexibility index (Phi) is 5.01. The van der Waals surface area contributed by atoms with E-state index in [0.717, 1.165) is 11.4 Å². The highest BCUT2D eigenvalue weighted by Crippen LogP contribution is 2.33. The summed E-state index contributed by atoms with van der Waals surface area (Å²) in [5.74, 6) is 1.88. The zero-order valence-electron chi connectivity index (χ0n) is 15.4. The van der Waals surface area contributed by atoms with Crippen LogP contribution in [0, 0.1) is 0 Å². The topological polar surface area (TPSA) is 68.8 Å². The number of methoxy groups -OCH3 is 1. The largest absolute Gasteiger partial charge is 0.497 e. The van der Waals surface area contributed by atoms with Crippen molar-refractivity contribution < 1.29 is 19.0 Å². The van der Waals surface area contributed by atoms with E-state index in [1.165, 1.54) is 0 Å². The van der Waals surface area contributed by atoms with E-state index in [9.17, 15) is 4.79 Å². The van der Waals surface area contributed by atoms with Gasteiger partial charge in [0.05, 0.1) is 18.4 Å². The maximum atomic E-state index is 12.9. The SMILES string of the molecule is COc1ccc(Nc2ccccc2C(=O)Nc2ccc3c(c2)OCCO3)cc1. The fourth-order valence-electron chi connectivity index (χ4n) is 2.94. The third-order valence-corrected chi connectivity index (χ3v) is 4.34. The standard InChI is InChI=1S/C22H20N2O4/c1-26-17-9-6-15(7-10-17)23-19-5-3-2-4-18(19)22(25)24-16-8-11-20-21(14-16)28-13-12-27-20/h2-11,14,23H,12-13H2,1H3,(H,24,25). The number of anilines is 3. The zero-order chi connectivity index (χ0) is 19.3. The number of carbonyl (C=O) groups is 1. The number of amides is 1. The van der Waals surface area contributed by atoms with Gasteiger partial charge in [-0.3, -0.25) is 4.79 Å². The average Bonchev–Trinajstić information content (AvgIpc) is 2.74. The van der Waals surface area contributed by atoms with Crippen LogP contribution in [-0.2, 0) is 0 Å². The third kappa shape index (κ3) is 3.86. The normalized spacial score (nSPS) is 12.2. The molecule has 1 aliphatic rings. The van der Waals surface area contributed by atoms with E-state index >= 15 is 0 Å². The number of fused-ring (bicyclic) bond motifs is 1. The van der Waals surface area contributed by atoms with Crippen LogP contribution in [0.25, 0.3) is 0 Å². The maximum absolute atomic E-state index is 12.9. The number of hydrogen-bond acceptors (Lipinski definition) is 5. The van der Waals surface area contributed by atoms with Gasteiger partial charge in [-0.1, -0.05) is 12.1 Å². The molecule has 1 amide bonds. The predicted molar refractivity (Wildman–Crippen MR) is 108 cm³/mol. The summed E-state index contributed by atoms with van der Waals surface area (Å²) in [6.45, 7) is 1.03. The van der Waals surface area contributed by atoms with Crippen molar-refractivity contribution in [3.63, 3.8) is 0 Å². The van der Waals surface area contributed by atoms with Crippen molar-refractivity contribution in [3.05, 3.63) is 72.3 Å². The van der Waals surface area contributed by atoms with Crippen molar-refractivity contribution in [2.75, 3.05) is 31.0 Å². The van der Waals surface area contributed by atoms with Gasteiger partial charge < -0.3 is 24.8 Å². The van der Waals surface area contributed by atoms with Crippen molar-refractivity contribution in [3.8, 4) is 17.2 Å². The smallest absolute Gasteiger partial charge is 0.257 e. The Balaban J connectivity index is 1.53. The van der Waals surface area contributed by atoms with E-state index < -0.39 is 0 Å². The molecule has 0 aliphatic carbocycles. The Morgan fingerprint density at radius 1 is 0.893 bits per heavy atom. The minimum Gasteiger partial charge on any atom is -0.497 e. The van der Waals surface area contributed by atoms with Crippen molar-refractivity contribution in [1.29, 1.82) is 0 Å². The van der Waals surface area contributed by atoms with Gasteiger partial charge in [-0.25, -0.2) is 0 Å². The quantitative estimate of drug-likeness (QED) is 0.688. The van der Waals surface area contributed by atoms with Crippen molar-refractivity contribution >= 4 is 23.0 Å². The molecule has 0 radical (unpaired) electrons. The summed E-state index contributed by atoms with van der Waals surface area (Å²) in [7, 11) is 1.62. The third-order valence-electron chi connectivity index (χ3n) is 4.34. The molecule has 0 atom stereocenters. The summed E-state index contributed by atoms with van der Waals surface area (Å²) in [4.78, 5) is 12.9. The van der Waals surface area contributed by atoms with E-state index in [1.807, 2.05) is 42.5 Å². The van der Waals surface area contributed by atoms with Gasteiger partial charge in [0.1, 0.15) is 19.0 Å². The molecule has 4 rings (SSSR count). The van der Waals surface area contributed by atoms with E-state index in [0.29, 0.717) is 41.7 Å². The molecule has 0 unspecified atom stereocenters.